The molecule has 11 rings (SSSR count). The minimum Gasteiger partial charge on any atom is -0.507 e. The highest BCUT2D eigenvalue weighted by Crippen LogP contribution is 2.49. The fourth-order valence-corrected chi connectivity index (χ4v) is 8.34. The average molecular weight is 871 g/mol. The molecular weight excluding hydrogens is 829 g/mol. The van der Waals surface area contributed by atoms with Gasteiger partial charge in [-0.15, -0.1) is 0 Å². The van der Waals surface area contributed by atoms with E-state index in [1.165, 1.54) is 45.1 Å². The predicted octanol–water partition coefficient (Wildman–Crippen LogP) is 11.5. The van der Waals surface area contributed by atoms with Gasteiger partial charge in [-0.25, -0.2) is 19.7 Å². The van der Waals surface area contributed by atoms with Crippen LogP contribution in [0.1, 0.15) is 27.0 Å². The van der Waals surface area contributed by atoms with E-state index in [0.29, 0.717) is 27.8 Å². The molecule has 0 saturated heterocycles. The van der Waals surface area contributed by atoms with E-state index in [1.807, 2.05) is 136 Å². The van der Waals surface area contributed by atoms with Gasteiger partial charge in [-0.3, -0.25) is 18.5 Å². The summed E-state index contributed by atoms with van der Waals surface area (Å²) < 4.78 is 4.07. The summed E-state index contributed by atoms with van der Waals surface area (Å²) in [5.74, 6) is -0.0345. The zero-order valence-electron chi connectivity index (χ0n) is 36.0. The molecule has 11 aromatic rings. The molecule has 0 fully saturated rings. The molecule has 66 heavy (non-hydrogen) atoms. The lowest BCUT2D eigenvalue weighted by molar-refractivity contribution is 0.0957. The van der Waals surface area contributed by atoms with Crippen molar-refractivity contribution in [1.29, 1.82) is 0 Å². The molecule has 0 amide bonds. The van der Waals surface area contributed by atoms with Crippen molar-refractivity contribution in [3.8, 4) is 45.3 Å². The summed E-state index contributed by atoms with van der Waals surface area (Å²) in [6.07, 6.45) is 13.6. The highest BCUT2D eigenvalue weighted by Gasteiger charge is 2.25. The third-order valence-electron chi connectivity index (χ3n) is 11.6. The Morgan fingerprint density at radius 2 is 0.712 bits per heavy atom. The molecule has 0 spiro atoms. The molecule has 4 N–H and O–H groups in total. The molecule has 0 aliphatic carbocycles. The van der Waals surface area contributed by atoms with Crippen molar-refractivity contribution >= 4 is 55.0 Å². The summed E-state index contributed by atoms with van der Waals surface area (Å²) in [6, 6.07) is 38.5. The van der Waals surface area contributed by atoms with Crippen molar-refractivity contribution in [1.82, 2.24) is 28.7 Å². The lowest BCUT2D eigenvalue weighted by atomic mass is 9.89. The van der Waals surface area contributed by atoms with Crippen LogP contribution in [0.15, 0.2) is 177 Å². The van der Waals surface area contributed by atoms with Gasteiger partial charge in [-0.1, -0.05) is 97.1 Å². The van der Waals surface area contributed by atoms with E-state index < -0.39 is 5.91 Å². The zero-order chi connectivity index (χ0) is 46.1. The maximum absolute atomic E-state index is 13.1. The Kier molecular flexibility index (Phi) is 11.3. The summed E-state index contributed by atoms with van der Waals surface area (Å²) in [4.78, 5) is 35.9. The summed E-state index contributed by atoms with van der Waals surface area (Å²) in [6.45, 7) is 5.60. The largest absolute Gasteiger partial charge is 0.507 e. The number of carbonyl (C=O) groups excluding carboxylic acids is 2. The first kappa shape index (κ1) is 42.3. The van der Waals surface area contributed by atoms with Gasteiger partial charge in [0.15, 0.2) is 0 Å². The number of phenols is 4. The second-order valence-electron chi connectivity index (χ2n) is 15.8. The molecule has 0 aliphatic rings. The lowest BCUT2D eigenvalue weighted by Crippen LogP contribution is -2.15. The Labute approximate surface area is 378 Å². The fourth-order valence-electron chi connectivity index (χ4n) is 8.34. The van der Waals surface area contributed by atoms with Crippen molar-refractivity contribution in [3.63, 3.8) is 0 Å². The van der Waals surface area contributed by atoms with Gasteiger partial charge in [0.05, 0.1) is 5.56 Å². The monoisotopic (exact) mass is 870 g/mol. The zero-order valence-corrected chi connectivity index (χ0v) is 36.0. The summed E-state index contributed by atoms with van der Waals surface area (Å²) in [5, 5.41) is 51.2. The maximum Gasteiger partial charge on any atom is 0.338 e. The van der Waals surface area contributed by atoms with E-state index in [9.17, 15) is 30.0 Å². The number of hydrogen-bond donors (Lipinski definition) is 4. The van der Waals surface area contributed by atoms with Crippen LogP contribution in [0.2, 0.25) is 0 Å². The van der Waals surface area contributed by atoms with E-state index in [-0.39, 0.29) is 34.6 Å². The Morgan fingerprint density at radius 3 is 1.05 bits per heavy atom. The first-order valence-electron chi connectivity index (χ1n) is 20.9. The second-order valence-corrected chi connectivity index (χ2v) is 15.8. The Morgan fingerprint density at radius 1 is 0.409 bits per heavy atom. The van der Waals surface area contributed by atoms with Crippen LogP contribution in [0.5, 0.6) is 23.0 Å². The van der Waals surface area contributed by atoms with E-state index in [4.69, 9.17) is 0 Å². The van der Waals surface area contributed by atoms with Crippen LogP contribution in [0.3, 0.4) is 0 Å². The molecule has 0 radical (unpaired) electrons. The molecule has 0 atom stereocenters. The minimum absolute atomic E-state index is 0.0846. The van der Waals surface area contributed by atoms with Crippen LogP contribution in [0, 0.1) is 20.8 Å². The van der Waals surface area contributed by atoms with Crippen molar-refractivity contribution in [3.05, 3.63) is 200 Å². The number of aryl methyl sites for hydroxylation is 3. The molecule has 3 aromatic heterocycles. The molecular formula is C54H42N6O6. The molecule has 0 bridgehead atoms. The minimum atomic E-state index is -0.395. The van der Waals surface area contributed by atoms with Crippen LogP contribution >= 0.6 is 0 Å². The number of aromatic nitrogens is 6. The van der Waals surface area contributed by atoms with Gasteiger partial charge in [0.25, 0.3) is 5.91 Å². The van der Waals surface area contributed by atoms with Crippen LogP contribution in [0.4, 0.5) is 4.79 Å². The molecule has 3 heterocycles. The fraction of sp³-hybridized carbons (Fsp3) is 0.0556. The van der Waals surface area contributed by atoms with E-state index in [0.717, 1.165) is 54.2 Å². The van der Waals surface area contributed by atoms with Gasteiger partial charge in [0.1, 0.15) is 42.0 Å². The number of carbonyl (C=O) groups is 2. The van der Waals surface area contributed by atoms with Crippen molar-refractivity contribution in [2.75, 3.05) is 0 Å². The maximum atomic E-state index is 13.1. The van der Waals surface area contributed by atoms with Gasteiger partial charge in [0, 0.05) is 59.4 Å². The molecule has 0 aliphatic heterocycles. The highest BCUT2D eigenvalue weighted by atomic mass is 16.3. The highest BCUT2D eigenvalue weighted by molar-refractivity contribution is 6.15. The molecule has 12 heteroatoms. The number of phenolic OH excluding ortho intramolecular Hbond substituents is 4. The number of aromatic hydroxyl groups is 4. The van der Waals surface area contributed by atoms with Crippen molar-refractivity contribution < 1.29 is 30.0 Å². The summed E-state index contributed by atoms with van der Waals surface area (Å²) in [5.41, 5.74) is 4.78. The number of hydrogen-bond acceptors (Lipinski definition) is 9. The normalized spacial score (nSPS) is 11.0. The van der Waals surface area contributed by atoms with Gasteiger partial charge in [0.2, 0.25) is 0 Å². The molecule has 0 unspecified atom stereocenters. The number of imidazole rings is 3. The van der Waals surface area contributed by atoms with Gasteiger partial charge in [-0.05, 0) is 105 Å². The first-order valence-corrected chi connectivity index (χ1v) is 20.9. The standard InChI is InChI=1S/C25H18N2O3.C22H18O2.C7H6N4O/c1-15-12-16-6-2-4-8-18(16)21(23(15)28)22-19-9-5-3-7-17(19)13-20(24(22)29)25(30)27-11-10-26-14-27;1-13-11-15-7-3-5-9-17(15)19(21(13)23)20-18-10-6-4-8-16(18)12-14(2)22(20)24;12-7(10-3-1-8-5-10)11-4-2-9-6-11/h2-14,28-29H,1H3;3-12,23-24H,1-2H3;1-6H. The molecule has 12 nitrogen and oxygen atoms in total. The average Bonchev–Trinajstić information content (AvgIpc) is 4.17. The smallest absolute Gasteiger partial charge is 0.338 e. The topological polar surface area (TPSA) is 169 Å². The molecule has 8 aromatic carbocycles. The van der Waals surface area contributed by atoms with E-state index in [2.05, 4.69) is 15.0 Å². The summed E-state index contributed by atoms with van der Waals surface area (Å²) >= 11 is 0. The van der Waals surface area contributed by atoms with Gasteiger partial charge >= 0.3 is 6.03 Å². The van der Waals surface area contributed by atoms with E-state index >= 15 is 0 Å². The summed E-state index contributed by atoms with van der Waals surface area (Å²) in [7, 11) is 0. The quantitative estimate of drug-likeness (QED) is 0.135. The number of nitrogens with zero attached hydrogens (tertiary/aromatic N) is 6. The Hall–Kier alpha value is -9.03. The SMILES string of the molecule is Cc1cc2ccccc2c(-c2c(O)c(C(=O)n3ccnc3)cc3ccccc23)c1O.Cc1cc2ccccc2c(-c2c(O)c(C)cc3ccccc23)c1O.O=C(n1ccnc1)n1ccnc1. The molecule has 324 valence electrons. The first-order chi connectivity index (χ1) is 32.0. The number of benzene rings is 8. The van der Waals surface area contributed by atoms with E-state index in [1.54, 1.807) is 30.9 Å². The third-order valence-corrected chi connectivity index (χ3v) is 11.6. The van der Waals surface area contributed by atoms with Crippen LogP contribution < -0.4 is 0 Å². The Bertz CT molecular complexity index is 3480. The number of fused-ring (bicyclic) bond motifs is 4. The van der Waals surface area contributed by atoms with Crippen molar-refractivity contribution in [2.24, 2.45) is 0 Å². The van der Waals surface area contributed by atoms with Crippen molar-refractivity contribution in [2.45, 2.75) is 20.8 Å². The van der Waals surface area contributed by atoms with Gasteiger partial charge in [-0.2, -0.15) is 0 Å². The second kappa shape index (κ2) is 17.6. The lowest BCUT2D eigenvalue weighted by Gasteiger charge is -2.18. The van der Waals surface area contributed by atoms with Crippen LogP contribution in [-0.4, -0.2) is 61.0 Å². The van der Waals surface area contributed by atoms with Crippen LogP contribution in [-0.2, 0) is 0 Å². The third kappa shape index (κ3) is 7.72. The number of rotatable bonds is 3. The van der Waals surface area contributed by atoms with Crippen LogP contribution in [0.25, 0.3) is 65.3 Å². The van der Waals surface area contributed by atoms with Gasteiger partial charge < -0.3 is 20.4 Å². The molecule has 0 saturated carbocycles. The Balaban J connectivity index is 0.000000135. The predicted molar refractivity (Wildman–Crippen MR) is 257 cm³/mol.